The van der Waals surface area contributed by atoms with Crippen molar-refractivity contribution in [2.75, 3.05) is 6.54 Å². The molecule has 0 aromatic carbocycles. The Morgan fingerprint density at radius 3 is 2.88 bits per heavy atom. The lowest BCUT2D eigenvalue weighted by Crippen LogP contribution is -2.39. The fourth-order valence-corrected chi connectivity index (χ4v) is 1.41. The number of rotatable bonds is 5. The second-order valence-electron chi connectivity index (χ2n) is 3.90. The molecule has 0 atom stereocenters. The molecule has 1 rings (SSSR count). The summed E-state index contributed by atoms with van der Waals surface area (Å²) in [6, 6.07) is 1.64. The Morgan fingerprint density at radius 1 is 1.71 bits per heavy atom. The maximum absolute atomic E-state index is 12.1. The van der Waals surface area contributed by atoms with E-state index in [1.54, 1.807) is 11.0 Å². The van der Waals surface area contributed by atoms with E-state index in [9.17, 15) is 4.79 Å². The molecule has 17 heavy (non-hydrogen) atoms. The molecule has 0 bridgehead atoms. The van der Waals surface area contributed by atoms with Gasteiger partial charge in [-0.3, -0.25) is 9.89 Å². The molecule has 0 saturated heterocycles. The Bertz CT molecular complexity index is 385. The molecule has 0 aliphatic heterocycles. The first-order valence-corrected chi connectivity index (χ1v) is 5.33. The SMILES string of the molecule is CC(C)N(CC/C(N)=N/O)C(=O)c1ccn[nH]1. The Morgan fingerprint density at radius 2 is 2.41 bits per heavy atom. The number of oxime groups is 1. The van der Waals surface area contributed by atoms with Crippen LogP contribution in [0.2, 0.25) is 0 Å². The number of carbonyl (C=O) groups excluding carboxylic acids is 1. The Labute approximate surface area is 99.3 Å². The van der Waals surface area contributed by atoms with Crippen LogP contribution in [0.1, 0.15) is 30.8 Å². The van der Waals surface area contributed by atoms with Crippen molar-refractivity contribution < 1.29 is 10.0 Å². The van der Waals surface area contributed by atoms with Crippen molar-refractivity contribution in [2.24, 2.45) is 10.9 Å². The normalized spacial score (nSPS) is 11.8. The molecule has 0 saturated carbocycles. The molecule has 1 aromatic rings. The van der Waals surface area contributed by atoms with E-state index in [4.69, 9.17) is 10.9 Å². The molecule has 0 spiro atoms. The highest BCUT2D eigenvalue weighted by Crippen LogP contribution is 2.06. The van der Waals surface area contributed by atoms with Crippen LogP contribution in [0.25, 0.3) is 0 Å². The second kappa shape index (κ2) is 5.88. The smallest absolute Gasteiger partial charge is 0.272 e. The summed E-state index contributed by atoms with van der Waals surface area (Å²) in [5.41, 5.74) is 5.81. The van der Waals surface area contributed by atoms with Crippen LogP contribution in [0.3, 0.4) is 0 Å². The molecule has 0 unspecified atom stereocenters. The molecule has 7 heteroatoms. The summed E-state index contributed by atoms with van der Waals surface area (Å²) in [4.78, 5) is 13.7. The fourth-order valence-electron chi connectivity index (χ4n) is 1.41. The molecule has 0 aliphatic carbocycles. The van der Waals surface area contributed by atoms with Crippen LogP contribution in [0.4, 0.5) is 0 Å². The van der Waals surface area contributed by atoms with E-state index in [2.05, 4.69) is 15.4 Å². The van der Waals surface area contributed by atoms with Crippen molar-refractivity contribution in [1.82, 2.24) is 15.1 Å². The van der Waals surface area contributed by atoms with Gasteiger partial charge in [-0.2, -0.15) is 5.10 Å². The quantitative estimate of drug-likeness (QED) is 0.299. The van der Waals surface area contributed by atoms with E-state index in [0.717, 1.165) is 0 Å². The minimum Gasteiger partial charge on any atom is -0.409 e. The molecule has 7 nitrogen and oxygen atoms in total. The number of amidine groups is 1. The van der Waals surface area contributed by atoms with Gasteiger partial charge in [0.15, 0.2) is 0 Å². The van der Waals surface area contributed by atoms with Crippen molar-refractivity contribution in [3.05, 3.63) is 18.0 Å². The number of aromatic amines is 1. The maximum Gasteiger partial charge on any atom is 0.272 e. The van der Waals surface area contributed by atoms with Crippen LogP contribution < -0.4 is 5.73 Å². The van der Waals surface area contributed by atoms with Crippen LogP contribution in [-0.2, 0) is 0 Å². The summed E-state index contributed by atoms with van der Waals surface area (Å²) in [7, 11) is 0. The summed E-state index contributed by atoms with van der Waals surface area (Å²) in [5, 5.41) is 17.7. The zero-order chi connectivity index (χ0) is 12.8. The molecular formula is C10H17N5O2. The van der Waals surface area contributed by atoms with Gasteiger partial charge in [-0.1, -0.05) is 5.16 Å². The van der Waals surface area contributed by atoms with Gasteiger partial charge in [-0.15, -0.1) is 0 Å². The minimum atomic E-state index is -0.150. The van der Waals surface area contributed by atoms with Gasteiger partial charge < -0.3 is 15.8 Å². The first-order chi connectivity index (χ1) is 8.06. The summed E-state index contributed by atoms with van der Waals surface area (Å²) in [6.45, 7) is 4.20. The van der Waals surface area contributed by atoms with E-state index >= 15 is 0 Å². The highest BCUT2D eigenvalue weighted by Gasteiger charge is 2.19. The molecule has 0 fully saturated rings. The van der Waals surface area contributed by atoms with Gasteiger partial charge in [0.2, 0.25) is 0 Å². The van der Waals surface area contributed by atoms with Crippen molar-refractivity contribution >= 4 is 11.7 Å². The monoisotopic (exact) mass is 239 g/mol. The Kier molecular flexibility index (Phi) is 4.50. The van der Waals surface area contributed by atoms with Gasteiger partial charge in [-0.05, 0) is 19.9 Å². The van der Waals surface area contributed by atoms with Crippen LogP contribution in [0.15, 0.2) is 17.4 Å². The van der Waals surface area contributed by atoms with Crippen molar-refractivity contribution in [3.8, 4) is 0 Å². The van der Waals surface area contributed by atoms with Gasteiger partial charge >= 0.3 is 0 Å². The molecule has 1 heterocycles. The van der Waals surface area contributed by atoms with Crippen LogP contribution >= 0.6 is 0 Å². The molecule has 94 valence electrons. The van der Waals surface area contributed by atoms with Crippen molar-refractivity contribution in [3.63, 3.8) is 0 Å². The number of amides is 1. The lowest BCUT2D eigenvalue weighted by atomic mass is 10.2. The molecule has 4 N–H and O–H groups in total. The van der Waals surface area contributed by atoms with Gasteiger partial charge in [0.1, 0.15) is 11.5 Å². The van der Waals surface area contributed by atoms with Gasteiger partial charge in [0.25, 0.3) is 5.91 Å². The molecule has 0 radical (unpaired) electrons. The fraction of sp³-hybridized carbons (Fsp3) is 0.500. The Hall–Kier alpha value is -2.05. The van der Waals surface area contributed by atoms with Gasteiger partial charge in [0.05, 0.1) is 0 Å². The van der Waals surface area contributed by atoms with Gasteiger partial charge in [-0.25, -0.2) is 0 Å². The number of nitrogens with zero attached hydrogens (tertiary/aromatic N) is 3. The number of nitrogens with two attached hydrogens (primary N) is 1. The zero-order valence-electron chi connectivity index (χ0n) is 9.92. The minimum absolute atomic E-state index is 0.0253. The predicted molar refractivity (Wildman–Crippen MR) is 62.8 cm³/mol. The highest BCUT2D eigenvalue weighted by atomic mass is 16.4. The lowest BCUT2D eigenvalue weighted by Gasteiger charge is -2.25. The van der Waals surface area contributed by atoms with Crippen LogP contribution in [0.5, 0.6) is 0 Å². The third-order valence-electron chi connectivity index (χ3n) is 2.35. The largest absolute Gasteiger partial charge is 0.409 e. The molecule has 1 amide bonds. The summed E-state index contributed by atoms with van der Waals surface area (Å²) in [6.07, 6.45) is 1.85. The third-order valence-corrected chi connectivity index (χ3v) is 2.35. The maximum atomic E-state index is 12.1. The summed E-state index contributed by atoms with van der Waals surface area (Å²) >= 11 is 0. The second-order valence-corrected chi connectivity index (χ2v) is 3.90. The van der Waals surface area contributed by atoms with E-state index < -0.39 is 0 Å². The first kappa shape index (κ1) is 13.0. The standard InChI is InChI=1S/C10H17N5O2/c1-7(2)15(6-4-9(11)14-17)10(16)8-3-5-12-13-8/h3,5,7,17H,4,6H2,1-2H3,(H2,11,14)(H,12,13). The molecule has 0 aliphatic rings. The Balaban J connectivity index is 2.70. The van der Waals surface area contributed by atoms with E-state index in [1.165, 1.54) is 6.20 Å². The number of hydrogen-bond acceptors (Lipinski definition) is 4. The number of hydrogen-bond donors (Lipinski definition) is 3. The topological polar surface area (TPSA) is 108 Å². The lowest BCUT2D eigenvalue weighted by molar-refractivity contribution is 0.0705. The van der Waals surface area contributed by atoms with Crippen molar-refractivity contribution in [1.29, 1.82) is 0 Å². The summed E-state index contributed by atoms with van der Waals surface area (Å²) in [5.74, 6) is -0.0451. The number of H-pyrrole nitrogens is 1. The van der Waals surface area contributed by atoms with E-state index in [-0.39, 0.29) is 17.8 Å². The van der Waals surface area contributed by atoms with E-state index in [1.807, 2.05) is 13.8 Å². The third kappa shape index (κ3) is 3.47. The van der Waals surface area contributed by atoms with Crippen LogP contribution in [0, 0.1) is 0 Å². The predicted octanol–water partition coefficient (Wildman–Crippen LogP) is 0.397. The first-order valence-electron chi connectivity index (χ1n) is 5.33. The van der Waals surface area contributed by atoms with Crippen molar-refractivity contribution in [2.45, 2.75) is 26.3 Å². The number of aromatic nitrogens is 2. The summed E-state index contributed by atoms with van der Waals surface area (Å²) < 4.78 is 0. The average molecular weight is 239 g/mol. The number of carbonyl (C=O) groups is 1. The van der Waals surface area contributed by atoms with E-state index in [0.29, 0.717) is 18.7 Å². The average Bonchev–Trinajstić information content (AvgIpc) is 2.81. The van der Waals surface area contributed by atoms with Gasteiger partial charge in [0, 0.05) is 25.2 Å². The molecular weight excluding hydrogens is 222 g/mol. The zero-order valence-corrected chi connectivity index (χ0v) is 9.92. The molecule has 1 aromatic heterocycles. The highest BCUT2D eigenvalue weighted by molar-refractivity contribution is 5.92. The number of nitrogens with one attached hydrogen (secondary N) is 1. The van der Waals surface area contributed by atoms with Crippen LogP contribution in [-0.4, -0.2) is 44.6 Å².